The molecule has 0 bridgehead atoms. The highest BCUT2D eigenvalue weighted by atomic mass is 16.5. The highest BCUT2D eigenvalue weighted by Crippen LogP contribution is 2.32. The van der Waals surface area contributed by atoms with Crippen LogP contribution in [0.5, 0.6) is 5.75 Å². The molecule has 19 heavy (non-hydrogen) atoms. The van der Waals surface area contributed by atoms with Crippen molar-refractivity contribution in [1.29, 1.82) is 0 Å². The Kier molecular flexibility index (Phi) is 5.67. The Bertz CT molecular complexity index is 360. The van der Waals surface area contributed by atoms with Crippen molar-refractivity contribution >= 4 is 0 Å². The van der Waals surface area contributed by atoms with E-state index in [0.29, 0.717) is 6.04 Å². The van der Waals surface area contributed by atoms with E-state index in [1.165, 1.54) is 18.4 Å². The largest absolute Gasteiger partial charge is 0.492 e. The molecule has 106 valence electrons. The zero-order valence-corrected chi connectivity index (χ0v) is 12.0. The second-order valence-corrected chi connectivity index (χ2v) is 5.20. The predicted octanol–water partition coefficient (Wildman–Crippen LogP) is 2.64. The lowest BCUT2D eigenvalue weighted by Crippen LogP contribution is -2.36. The van der Waals surface area contributed by atoms with Gasteiger partial charge in [0.1, 0.15) is 12.4 Å². The third-order valence-electron chi connectivity index (χ3n) is 3.61. The summed E-state index contributed by atoms with van der Waals surface area (Å²) in [5, 5.41) is 3.51. The van der Waals surface area contributed by atoms with Gasteiger partial charge in [-0.1, -0.05) is 19.1 Å². The van der Waals surface area contributed by atoms with Gasteiger partial charge in [0.15, 0.2) is 0 Å². The number of likely N-dealkylation sites (N-methyl/N-ethyl adjacent to an activating group) is 1. The number of hydrogen-bond donors (Lipinski definition) is 1. The summed E-state index contributed by atoms with van der Waals surface area (Å²) in [6.07, 6.45) is 3.65. The lowest BCUT2D eigenvalue weighted by molar-refractivity contribution is 0.202. The van der Waals surface area contributed by atoms with Crippen LogP contribution in [-0.2, 0) is 11.2 Å². The summed E-state index contributed by atoms with van der Waals surface area (Å²) in [4.78, 5) is 0. The molecular weight excluding hydrogens is 238 g/mol. The number of benzene rings is 1. The van der Waals surface area contributed by atoms with Gasteiger partial charge in [-0.05, 0) is 49.4 Å². The van der Waals surface area contributed by atoms with Crippen molar-refractivity contribution < 1.29 is 9.47 Å². The Hall–Kier alpha value is -1.06. The topological polar surface area (TPSA) is 30.5 Å². The molecule has 1 saturated carbocycles. The van der Waals surface area contributed by atoms with Gasteiger partial charge in [-0.3, -0.25) is 0 Å². The van der Waals surface area contributed by atoms with Crippen LogP contribution in [0.25, 0.3) is 0 Å². The van der Waals surface area contributed by atoms with E-state index in [1.807, 2.05) is 0 Å². The fraction of sp³-hybridized carbons (Fsp3) is 0.625. The van der Waals surface area contributed by atoms with E-state index in [0.717, 1.165) is 37.8 Å². The molecule has 0 saturated heterocycles. The number of rotatable bonds is 9. The highest BCUT2D eigenvalue weighted by Gasteiger charge is 2.30. The summed E-state index contributed by atoms with van der Waals surface area (Å²) in [5.74, 6) is 1.78. The quantitative estimate of drug-likeness (QED) is 0.743. The van der Waals surface area contributed by atoms with Gasteiger partial charge in [0.2, 0.25) is 0 Å². The second-order valence-electron chi connectivity index (χ2n) is 5.20. The monoisotopic (exact) mass is 263 g/mol. The standard InChI is InChI=1S/C16H25NO2/c1-3-17-16(14-6-7-14)12-19-15-8-4-13(5-9-15)10-11-18-2/h4-5,8-9,14,16-17H,3,6-7,10-12H2,1-2H3. The fourth-order valence-electron chi connectivity index (χ4n) is 2.28. The fourth-order valence-corrected chi connectivity index (χ4v) is 2.28. The molecule has 1 aliphatic rings. The van der Waals surface area contributed by atoms with Crippen LogP contribution < -0.4 is 10.1 Å². The average Bonchev–Trinajstić information content (AvgIpc) is 3.27. The second kappa shape index (κ2) is 7.51. The average molecular weight is 263 g/mol. The summed E-state index contributed by atoms with van der Waals surface area (Å²) in [5.41, 5.74) is 1.29. The van der Waals surface area contributed by atoms with Crippen LogP contribution in [0.4, 0.5) is 0 Å². The van der Waals surface area contributed by atoms with Gasteiger partial charge in [-0.15, -0.1) is 0 Å². The van der Waals surface area contributed by atoms with E-state index in [2.05, 4.69) is 36.5 Å². The number of ether oxygens (including phenoxy) is 2. The Balaban J connectivity index is 1.78. The van der Waals surface area contributed by atoms with Crippen molar-refractivity contribution in [3.63, 3.8) is 0 Å². The minimum absolute atomic E-state index is 0.512. The lowest BCUT2D eigenvalue weighted by Gasteiger charge is -2.18. The first kappa shape index (κ1) is 14.4. The Labute approximate surface area is 116 Å². The summed E-state index contributed by atoms with van der Waals surface area (Å²) in [6.45, 7) is 4.71. The molecule has 1 unspecified atom stereocenters. The van der Waals surface area contributed by atoms with Crippen molar-refractivity contribution in [3.8, 4) is 5.75 Å². The molecule has 1 fully saturated rings. The third kappa shape index (κ3) is 4.84. The molecule has 1 atom stereocenters. The molecule has 3 heteroatoms. The van der Waals surface area contributed by atoms with Crippen molar-refractivity contribution in [1.82, 2.24) is 5.32 Å². The van der Waals surface area contributed by atoms with Crippen molar-refractivity contribution in [2.75, 3.05) is 26.9 Å². The summed E-state index contributed by atoms with van der Waals surface area (Å²) >= 11 is 0. The molecule has 0 aliphatic heterocycles. The smallest absolute Gasteiger partial charge is 0.119 e. The zero-order chi connectivity index (χ0) is 13.5. The van der Waals surface area contributed by atoms with Crippen LogP contribution in [0.1, 0.15) is 25.3 Å². The first-order chi connectivity index (χ1) is 9.33. The molecule has 0 amide bonds. The van der Waals surface area contributed by atoms with E-state index in [9.17, 15) is 0 Å². The first-order valence-corrected chi connectivity index (χ1v) is 7.27. The highest BCUT2D eigenvalue weighted by molar-refractivity contribution is 5.27. The van der Waals surface area contributed by atoms with E-state index in [-0.39, 0.29) is 0 Å². The van der Waals surface area contributed by atoms with Crippen molar-refractivity contribution in [2.24, 2.45) is 5.92 Å². The first-order valence-electron chi connectivity index (χ1n) is 7.27. The maximum Gasteiger partial charge on any atom is 0.119 e. The zero-order valence-electron chi connectivity index (χ0n) is 12.0. The van der Waals surface area contributed by atoms with Gasteiger partial charge in [0.05, 0.1) is 6.61 Å². The van der Waals surface area contributed by atoms with Gasteiger partial charge in [0.25, 0.3) is 0 Å². The van der Waals surface area contributed by atoms with Crippen molar-refractivity contribution in [2.45, 2.75) is 32.2 Å². The van der Waals surface area contributed by atoms with Gasteiger partial charge in [-0.2, -0.15) is 0 Å². The molecule has 1 aromatic carbocycles. The van der Waals surface area contributed by atoms with E-state index < -0.39 is 0 Å². The molecule has 1 aliphatic carbocycles. The van der Waals surface area contributed by atoms with Gasteiger partial charge in [0, 0.05) is 13.2 Å². The molecule has 0 radical (unpaired) electrons. The molecule has 0 heterocycles. The van der Waals surface area contributed by atoms with Gasteiger partial charge in [-0.25, -0.2) is 0 Å². The normalized spacial score (nSPS) is 16.3. The van der Waals surface area contributed by atoms with Crippen LogP contribution in [-0.4, -0.2) is 32.9 Å². The summed E-state index contributed by atoms with van der Waals surface area (Å²) < 4.78 is 11.0. The molecule has 1 aromatic rings. The maximum absolute atomic E-state index is 5.89. The Morgan fingerprint density at radius 1 is 1.26 bits per heavy atom. The molecule has 0 spiro atoms. The predicted molar refractivity (Wildman–Crippen MR) is 77.7 cm³/mol. The Morgan fingerprint density at radius 3 is 2.58 bits per heavy atom. The van der Waals surface area contributed by atoms with Crippen LogP contribution in [0.15, 0.2) is 24.3 Å². The minimum atomic E-state index is 0.512. The summed E-state index contributed by atoms with van der Waals surface area (Å²) in [6, 6.07) is 8.86. The molecule has 2 rings (SSSR count). The van der Waals surface area contributed by atoms with Crippen LogP contribution in [0.3, 0.4) is 0 Å². The van der Waals surface area contributed by atoms with Crippen molar-refractivity contribution in [3.05, 3.63) is 29.8 Å². The number of methoxy groups -OCH3 is 1. The minimum Gasteiger partial charge on any atom is -0.492 e. The molecular formula is C16H25NO2. The van der Waals surface area contributed by atoms with Crippen LogP contribution in [0, 0.1) is 5.92 Å². The van der Waals surface area contributed by atoms with Crippen LogP contribution >= 0.6 is 0 Å². The van der Waals surface area contributed by atoms with E-state index in [1.54, 1.807) is 7.11 Å². The van der Waals surface area contributed by atoms with Gasteiger partial charge >= 0.3 is 0 Å². The number of hydrogen-bond acceptors (Lipinski definition) is 3. The summed E-state index contributed by atoms with van der Waals surface area (Å²) in [7, 11) is 1.73. The Morgan fingerprint density at radius 2 is 2.00 bits per heavy atom. The SMILES string of the molecule is CCNC(COc1ccc(CCOC)cc1)C1CC1. The third-order valence-corrected chi connectivity index (χ3v) is 3.61. The van der Waals surface area contributed by atoms with Gasteiger partial charge < -0.3 is 14.8 Å². The van der Waals surface area contributed by atoms with E-state index >= 15 is 0 Å². The molecule has 1 N–H and O–H groups in total. The molecule has 3 nitrogen and oxygen atoms in total. The lowest BCUT2D eigenvalue weighted by atomic mass is 10.1. The maximum atomic E-state index is 5.89. The van der Waals surface area contributed by atoms with E-state index in [4.69, 9.17) is 9.47 Å². The molecule has 0 aromatic heterocycles. The number of nitrogens with one attached hydrogen (secondary N) is 1. The van der Waals surface area contributed by atoms with Crippen LogP contribution in [0.2, 0.25) is 0 Å².